The van der Waals surface area contributed by atoms with Crippen molar-refractivity contribution in [3.63, 3.8) is 0 Å². The van der Waals surface area contributed by atoms with Crippen LogP contribution in [0, 0.1) is 17.6 Å². The van der Waals surface area contributed by atoms with Crippen molar-refractivity contribution in [2.75, 3.05) is 0 Å². The Balaban J connectivity index is 1.81. The molecule has 0 spiro atoms. The highest BCUT2D eigenvalue weighted by Crippen LogP contribution is 2.39. The molecule has 3 rings (SSSR count). The normalized spacial score (nSPS) is 21.3. The second-order valence-corrected chi connectivity index (χ2v) is 7.33. The van der Waals surface area contributed by atoms with Gasteiger partial charge in [0.25, 0.3) is 0 Å². The van der Waals surface area contributed by atoms with E-state index in [1.807, 2.05) is 25.1 Å². The Bertz CT molecular complexity index is 752. The lowest BCUT2D eigenvalue weighted by Crippen LogP contribution is -2.13. The van der Waals surface area contributed by atoms with Gasteiger partial charge in [0.1, 0.15) is 0 Å². The second-order valence-electron chi connectivity index (χ2n) is 7.33. The summed E-state index contributed by atoms with van der Waals surface area (Å²) < 4.78 is 29.3. The van der Waals surface area contributed by atoms with Crippen LogP contribution < -0.4 is 0 Å². The standard InChI is InChI=1S/C23H28F2/c1-3-5-6-7-17-9-11-18(12-10-17)21-15-19-13-8-16(4-2)14-20(19)22(24)23(21)25/h6-8,13-15,17-18H,3-5,9-12H2,1-2H3/b7-6+. The third-order valence-electron chi connectivity index (χ3n) is 5.59. The van der Waals surface area contributed by atoms with E-state index < -0.39 is 11.6 Å². The van der Waals surface area contributed by atoms with Crippen molar-refractivity contribution >= 4 is 10.8 Å². The SMILES string of the molecule is CCC/C=C/C1CCC(c2cc3ccc(CC)cc3c(F)c2F)CC1. The van der Waals surface area contributed by atoms with Crippen LogP contribution in [0.25, 0.3) is 10.8 Å². The van der Waals surface area contributed by atoms with Gasteiger partial charge in [-0.2, -0.15) is 0 Å². The number of halogens is 2. The van der Waals surface area contributed by atoms with Gasteiger partial charge in [-0.1, -0.05) is 44.6 Å². The molecule has 0 unspecified atom stereocenters. The molecule has 0 heterocycles. The lowest BCUT2D eigenvalue weighted by Gasteiger charge is -2.27. The molecule has 2 aromatic rings. The fourth-order valence-corrected chi connectivity index (χ4v) is 3.99. The molecule has 0 nitrogen and oxygen atoms in total. The van der Waals surface area contributed by atoms with Gasteiger partial charge in [-0.05, 0) is 79.0 Å². The molecule has 1 aliphatic rings. The van der Waals surface area contributed by atoms with Crippen molar-refractivity contribution in [1.82, 2.24) is 0 Å². The quantitative estimate of drug-likeness (QED) is 0.500. The molecule has 0 saturated heterocycles. The van der Waals surface area contributed by atoms with Gasteiger partial charge in [0, 0.05) is 5.39 Å². The maximum absolute atomic E-state index is 14.7. The van der Waals surface area contributed by atoms with Crippen molar-refractivity contribution in [3.05, 3.63) is 59.2 Å². The number of rotatable bonds is 5. The molecular weight excluding hydrogens is 314 g/mol. The predicted molar refractivity (Wildman–Crippen MR) is 102 cm³/mol. The number of allylic oxidation sites excluding steroid dienone is 2. The monoisotopic (exact) mass is 342 g/mol. The Morgan fingerprint density at radius 1 is 1.00 bits per heavy atom. The molecule has 0 amide bonds. The predicted octanol–water partition coefficient (Wildman–Crippen LogP) is 7.31. The highest BCUT2D eigenvalue weighted by atomic mass is 19.2. The number of hydrogen-bond acceptors (Lipinski definition) is 0. The molecule has 2 aromatic carbocycles. The zero-order valence-corrected chi connectivity index (χ0v) is 15.3. The maximum Gasteiger partial charge on any atom is 0.166 e. The molecule has 0 bridgehead atoms. The number of aryl methyl sites for hydroxylation is 1. The molecular formula is C23H28F2. The molecule has 1 aliphatic carbocycles. The van der Waals surface area contributed by atoms with Gasteiger partial charge in [-0.25, -0.2) is 8.78 Å². The molecule has 1 saturated carbocycles. The molecule has 25 heavy (non-hydrogen) atoms. The fourth-order valence-electron chi connectivity index (χ4n) is 3.99. The molecule has 2 heteroatoms. The van der Waals surface area contributed by atoms with Crippen LogP contribution in [0.15, 0.2) is 36.4 Å². The lowest BCUT2D eigenvalue weighted by atomic mass is 9.78. The third-order valence-corrected chi connectivity index (χ3v) is 5.59. The summed E-state index contributed by atoms with van der Waals surface area (Å²) in [6, 6.07) is 7.61. The van der Waals surface area contributed by atoms with E-state index in [1.54, 1.807) is 6.07 Å². The lowest BCUT2D eigenvalue weighted by molar-refractivity contribution is 0.364. The summed E-state index contributed by atoms with van der Waals surface area (Å²) in [5.41, 5.74) is 1.61. The molecule has 0 N–H and O–H groups in total. The van der Waals surface area contributed by atoms with Gasteiger partial charge in [-0.3, -0.25) is 0 Å². The third kappa shape index (κ3) is 3.94. The van der Waals surface area contributed by atoms with E-state index >= 15 is 0 Å². The topological polar surface area (TPSA) is 0 Å². The van der Waals surface area contributed by atoms with E-state index in [1.165, 1.54) is 6.42 Å². The molecule has 134 valence electrons. The van der Waals surface area contributed by atoms with Crippen molar-refractivity contribution < 1.29 is 8.78 Å². The first kappa shape index (κ1) is 18.1. The largest absolute Gasteiger partial charge is 0.203 e. The van der Waals surface area contributed by atoms with E-state index in [0.717, 1.165) is 49.5 Å². The summed E-state index contributed by atoms with van der Waals surface area (Å²) >= 11 is 0. The first-order valence-corrected chi connectivity index (χ1v) is 9.71. The number of fused-ring (bicyclic) bond motifs is 1. The Kier molecular flexibility index (Phi) is 5.88. The van der Waals surface area contributed by atoms with Crippen LogP contribution in [0.2, 0.25) is 0 Å². The van der Waals surface area contributed by atoms with Gasteiger partial charge in [0.15, 0.2) is 11.6 Å². The van der Waals surface area contributed by atoms with Crippen molar-refractivity contribution in [2.24, 2.45) is 5.92 Å². The first-order valence-electron chi connectivity index (χ1n) is 9.71. The summed E-state index contributed by atoms with van der Waals surface area (Å²) in [6.45, 7) is 4.21. The van der Waals surface area contributed by atoms with Crippen LogP contribution in [-0.4, -0.2) is 0 Å². The van der Waals surface area contributed by atoms with Crippen LogP contribution >= 0.6 is 0 Å². The van der Waals surface area contributed by atoms with E-state index in [4.69, 9.17) is 0 Å². The Morgan fingerprint density at radius 3 is 2.44 bits per heavy atom. The van der Waals surface area contributed by atoms with Crippen molar-refractivity contribution in [1.29, 1.82) is 0 Å². The van der Waals surface area contributed by atoms with Gasteiger partial charge in [-0.15, -0.1) is 0 Å². The Morgan fingerprint density at radius 2 is 1.76 bits per heavy atom. The highest BCUT2D eigenvalue weighted by Gasteiger charge is 2.25. The van der Waals surface area contributed by atoms with Crippen LogP contribution in [0.1, 0.15) is 69.4 Å². The van der Waals surface area contributed by atoms with Crippen LogP contribution in [0.5, 0.6) is 0 Å². The number of hydrogen-bond donors (Lipinski definition) is 0. The van der Waals surface area contributed by atoms with Crippen LogP contribution in [-0.2, 0) is 6.42 Å². The molecule has 0 radical (unpaired) electrons. The summed E-state index contributed by atoms with van der Waals surface area (Å²) in [5.74, 6) is -0.567. The van der Waals surface area contributed by atoms with Gasteiger partial charge in [0.2, 0.25) is 0 Å². The average molecular weight is 342 g/mol. The van der Waals surface area contributed by atoms with E-state index in [0.29, 0.717) is 16.9 Å². The summed E-state index contributed by atoms with van der Waals surface area (Å²) in [4.78, 5) is 0. The minimum Gasteiger partial charge on any atom is -0.203 e. The zero-order valence-electron chi connectivity index (χ0n) is 15.3. The van der Waals surface area contributed by atoms with E-state index in [-0.39, 0.29) is 5.92 Å². The number of unbranched alkanes of at least 4 members (excludes halogenated alkanes) is 1. The summed E-state index contributed by atoms with van der Waals surface area (Å²) in [6.07, 6.45) is 11.7. The Hall–Kier alpha value is -1.70. The highest BCUT2D eigenvalue weighted by molar-refractivity contribution is 5.85. The van der Waals surface area contributed by atoms with Crippen LogP contribution in [0.3, 0.4) is 0 Å². The van der Waals surface area contributed by atoms with Gasteiger partial charge in [0.05, 0.1) is 0 Å². The zero-order chi connectivity index (χ0) is 17.8. The minimum atomic E-state index is -0.673. The van der Waals surface area contributed by atoms with Crippen LogP contribution in [0.4, 0.5) is 8.78 Å². The van der Waals surface area contributed by atoms with Crippen molar-refractivity contribution in [3.8, 4) is 0 Å². The first-order chi connectivity index (χ1) is 12.1. The molecule has 0 aliphatic heterocycles. The average Bonchev–Trinajstić information content (AvgIpc) is 2.65. The fraction of sp³-hybridized carbons (Fsp3) is 0.478. The van der Waals surface area contributed by atoms with E-state index in [9.17, 15) is 8.78 Å². The molecule has 0 aromatic heterocycles. The minimum absolute atomic E-state index is 0.139. The second kappa shape index (κ2) is 8.12. The number of benzene rings is 2. The van der Waals surface area contributed by atoms with Gasteiger partial charge < -0.3 is 0 Å². The molecule has 1 fully saturated rings. The van der Waals surface area contributed by atoms with E-state index in [2.05, 4.69) is 19.1 Å². The smallest absolute Gasteiger partial charge is 0.166 e. The summed E-state index contributed by atoms with van der Waals surface area (Å²) in [5, 5.41) is 1.23. The Labute approximate surface area is 149 Å². The van der Waals surface area contributed by atoms with Crippen molar-refractivity contribution in [2.45, 2.75) is 64.7 Å². The maximum atomic E-state index is 14.7. The molecule has 0 atom stereocenters. The van der Waals surface area contributed by atoms with Gasteiger partial charge >= 0.3 is 0 Å². The summed E-state index contributed by atoms with van der Waals surface area (Å²) in [7, 11) is 0.